The monoisotopic (exact) mass is 346 g/mol. The third-order valence-electron chi connectivity index (χ3n) is 4.71. The number of carbonyl (C=O) groups excluding carboxylic acids is 1. The van der Waals surface area contributed by atoms with Gasteiger partial charge in [0.1, 0.15) is 0 Å². The van der Waals surface area contributed by atoms with Gasteiger partial charge in [0.25, 0.3) is 5.91 Å². The molecule has 132 valence electrons. The van der Waals surface area contributed by atoms with E-state index in [0.29, 0.717) is 17.8 Å². The van der Waals surface area contributed by atoms with Crippen molar-refractivity contribution in [3.8, 4) is 0 Å². The van der Waals surface area contributed by atoms with Gasteiger partial charge in [0, 0.05) is 18.3 Å². The van der Waals surface area contributed by atoms with Crippen molar-refractivity contribution in [3.63, 3.8) is 0 Å². The highest BCUT2D eigenvalue weighted by atomic mass is 16.1. The Morgan fingerprint density at radius 2 is 2.04 bits per heavy atom. The van der Waals surface area contributed by atoms with E-state index in [2.05, 4.69) is 46.9 Å². The number of amides is 1. The summed E-state index contributed by atoms with van der Waals surface area (Å²) in [5.41, 5.74) is 6.35. The molecule has 3 aromatic rings. The molecule has 26 heavy (non-hydrogen) atoms. The van der Waals surface area contributed by atoms with E-state index in [1.54, 1.807) is 6.20 Å². The average molecular weight is 346 g/mol. The summed E-state index contributed by atoms with van der Waals surface area (Å²) >= 11 is 0. The van der Waals surface area contributed by atoms with Gasteiger partial charge in [-0.2, -0.15) is 5.10 Å². The van der Waals surface area contributed by atoms with Gasteiger partial charge < -0.3 is 10.6 Å². The first-order chi connectivity index (χ1) is 12.7. The highest BCUT2D eigenvalue weighted by Crippen LogP contribution is 2.17. The van der Waals surface area contributed by atoms with Gasteiger partial charge in [-0.1, -0.05) is 35.9 Å². The number of fused-ring (bicyclic) bond motifs is 1. The Morgan fingerprint density at radius 3 is 2.88 bits per heavy atom. The second-order valence-electron chi connectivity index (χ2n) is 6.78. The zero-order valence-electron chi connectivity index (χ0n) is 14.8. The summed E-state index contributed by atoms with van der Waals surface area (Å²) in [6, 6.07) is 14.3. The lowest BCUT2D eigenvalue weighted by Crippen LogP contribution is -2.24. The molecular weight excluding hydrogens is 324 g/mol. The van der Waals surface area contributed by atoms with Gasteiger partial charge in [0.15, 0.2) is 0 Å². The zero-order valence-corrected chi connectivity index (χ0v) is 14.8. The van der Waals surface area contributed by atoms with Crippen LogP contribution in [0.3, 0.4) is 0 Å². The molecule has 2 heterocycles. The summed E-state index contributed by atoms with van der Waals surface area (Å²) in [5.74, 6) is -0.0961. The van der Waals surface area contributed by atoms with Crippen LogP contribution in [0.15, 0.2) is 54.9 Å². The molecule has 5 heteroatoms. The number of rotatable bonds is 4. The lowest BCUT2D eigenvalue weighted by molar-refractivity contribution is 0.102. The van der Waals surface area contributed by atoms with Gasteiger partial charge in [-0.3, -0.25) is 9.48 Å². The zero-order chi connectivity index (χ0) is 17.9. The number of hydrogen-bond donors (Lipinski definition) is 2. The molecule has 0 saturated carbocycles. The van der Waals surface area contributed by atoms with E-state index < -0.39 is 0 Å². The number of nitrogens with zero attached hydrogens (tertiary/aromatic N) is 2. The van der Waals surface area contributed by atoms with Crippen molar-refractivity contribution < 1.29 is 4.79 Å². The molecule has 0 radical (unpaired) electrons. The van der Waals surface area contributed by atoms with Crippen LogP contribution >= 0.6 is 0 Å². The number of aromatic nitrogens is 2. The number of carbonyl (C=O) groups is 1. The third kappa shape index (κ3) is 3.68. The summed E-state index contributed by atoms with van der Waals surface area (Å²) in [7, 11) is 0. The largest absolute Gasteiger partial charge is 0.319 e. The molecule has 0 spiro atoms. The molecule has 0 atom stereocenters. The number of aryl methyl sites for hydroxylation is 1. The summed E-state index contributed by atoms with van der Waals surface area (Å²) in [6.07, 6.45) is 4.51. The van der Waals surface area contributed by atoms with E-state index in [-0.39, 0.29) is 5.91 Å². The maximum atomic E-state index is 12.5. The highest BCUT2D eigenvalue weighted by molar-refractivity contribution is 6.04. The Hall–Kier alpha value is -2.92. The Kier molecular flexibility index (Phi) is 4.54. The third-order valence-corrected chi connectivity index (χ3v) is 4.71. The first-order valence-corrected chi connectivity index (χ1v) is 8.89. The van der Waals surface area contributed by atoms with E-state index in [9.17, 15) is 4.79 Å². The second-order valence-corrected chi connectivity index (χ2v) is 6.78. The van der Waals surface area contributed by atoms with E-state index in [4.69, 9.17) is 0 Å². The van der Waals surface area contributed by atoms with Crippen LogP contribution in [0.1, 0.15) is 32.6 Å². The van der Waals surface area contributed by atoms with E-state index >= 15 is 0 Å². The molecule has 0 unspecified atom stereocenters. The van der Waals surface area contributed by atoms with Gasteiger partial charge in [0.05, 0.1) is 18.4 Å². The Morgan fingerprint density at radius 1 is 1.19 bits per heavy atom. The summed E-state index contributed by atoms with van der Waals surface area (Å²) in [6.45, 7) is 4.59. The molecular formula is C21H22N4O. The number of nitrogens with one attached hydrogen (secondary N) is 2. The molecule has 0 aliphatic carbocycles. The quantitative estimate of drug-likeness (QED) is 0.763. The predicted octanol–water partition coefficient (Wildman–Crippen LogP) is 3.14. The lowest BCUT2D eigenvalue weighted by atomic mass is 9.98. The van der Waals surface area contributed by atoms with Crippen LogP contribution in [-0.2, 0) is 19.5 Å². The molecule has 0 saturated heterocycles. The smallest absolute Gasteiger partial charge is 0.255 e. The number of hydrogen-bond acceptors (Lipinski definition) is 3. The lowest BCUT2D eigenvalue weighted by Gasteiger charge is -2.17. The fourth-order valence-electron chi connectivity index (χ4n) is 3.22. The minimum absolute atomic E-state index is 0.0961. The molecule has 1 aliphatic heterocycles. The Balaban J connectivity index is 1.43. The first kappa shape index (κ1) is 16.5. The normalized spacial score (nSPS) is 13.3. The molecule has 5 nitrogen and oxygen atoms in total. The van der Waals surface area contributed by atoms with Crippen LogP contribution in [0.4, 0.5) is 5.69 Å². The van der Waals surface area contributed by atoms with Crippen LogP contribution in [-0.4, -0.2) is 22.2 Å². The number of benzene rings is 2. The van der Waals surface area contributed by atoms with Crippen LogP contribution in [0.25, 0.3) is 0 Å². The van der Waals surface area contributed by atoms with Crippen molar-refractivity contribution >= 4 is 11.6 Å². The molecule has 1 aromatic heterocycles. The molecule has 0 fully saturated rings. The van der Waals surface area contributed by atoms with Crippen molar-refractivity contribution in [3.05, 3.63) is 82.7 Å². The molecule has 2 N–H and O–H groups in total. The van der Waals surface area contributed by atoms with Gasteiger partial charge in [0.2, 0.25) is 0 Å². The fraction of sp³-hybridized carbons (Fsp3) is 0.238. The van der Waals surface area contributed by atoms with E-state index in [0.717, 1.165) is 19.5 Å². The van der Waals surface area contributed by atoms with Crippen LogP contribution in [0.2, 0.25) is 0 Å². The molecule has 2 aromatic carbocycles. The Bertz CT molecular complexity index is 927. The SMILES string of the molecule is Cc1ccc(Cn2cc(NC(=O)c3ccc4c(c3)CCNC4)cn2)cc1. The summed E-state index contributed by atoms with van der Waals surface area (Å²) in [5, 5.41) is 10.6. The van der Waals surface area contributed by atoms with Crippen LogP contribution < -0.4 is 10.6 Å². The summed E-state index contributed by atoms with van der Waals surface area (Å²) in [4.78, 5) is 12.5. The number of anilines is 1. The maximum Gasteiger partial charge on any atom is 0.255 e. The Labute approximate surface area is 153 Å². The van der Waals surface area contributed by atoms with Crippen molar-refractivity contribution in [2.75, 3.05) is 11.9 Å². The highest BCUT2D eigenvalue weighted by Gasteiger charge is 2.13. The van der Waals surface area contributed by atoms with E-state index in [1.807, 2.05) is 29.1 Å². The van der Waals surface area contributed by atoms with Crippen molar-refractivity contribution in [2.45, 2.75) is 26.4 Å². The van der Waals surface area contributed by atoms with E-state index in [1.165, 1.54) is 22.3 Å². The van der Waals surface area contributed by atoms with Crippen molar-refractivity contribution in [2.24, 2.45) is 0 Å². The maximum absolute atomic E-state index is 12.5. The summed E-state index contributed by atoms with van der Waals surface area (Å²) < 4.78 is 1.83. The van der Waals surface area contributed by atoms with Crippen molar-refractivity contribution in [1.82, 2.24) is 15.1 Å². The minimum Gasteiger partial charge on any atom is -0.319 e. The molecule has 1 aliphatic rings. The van der Waals surface area contributed by atoms with Crippen molar-refractivity contribution in [1.29, 1.82) is 0 Å². The molecule has 1 amide bonds. The predicted molar refractivity (Wildman–Crippen MR) is 102 cm³/mol. The molecule has 0 bridgehead atoms. The van der Waals surface area contributed by atoms with Gasteiger partial charge in [-0.15, -0.1) is 0 Å². The van der Waals surface area contributed by atoms with Gasteiger partial charge in [-0.05, 0) is 48.7 Å². The first-order valence-electron chi connectivity index (χ1n) is 8.89. The van der Waals surface area contributed by atoms with Crippen LogP contribution in [0.5, 0.6) is 0 Å². The fourth-order valence-corrected chi connectivity index (χ4v) is 3.22. The van der Waals surface area contributed by atoms with Gasteiger partial charge in [-0.25, -0.2) is 0 Å². The minimum atomic E-state index is -0.0961. The average Bonchev–Trinajstić information content (AvgIpc) is 3.10. The standard InChI is InChI=1S/C21H22N4O/c1-15-2-4-16(5-3-15)13-25-14-20(12-23-25)24-21(26)18-6-7-19-11-22-9-8-17(19)10-18/h2-7,10,12,14,22H,8-9,11,13H2,1H3,(H,24,26). The van der Waals surface area contributed by atoms with Gasteiger partial charge >= 0.3 is 0 Å². The molecule has 4 rings (SSSR count). The topological polar surface area (TPSA) is 59.0 Å². The second kappa shape index (κ2) is 7.14. The van der Waals surface area contributed by atoms with Crippen LogP contribution in [0, 0.1) is 6.92 Å².